The van der Waals surface area contributed by atoms with Gasteiger partial charge in [0.2, 0.25) is 0 Å². The second-order valence-corrected chi connectivity index (χ2v) is 5.33. The van der Waals surface area contributed by atoms with Gasteiger partial charge in [-0.05, 0) is 42.3 Å². The minimum Gasteiger partial charge on any atom is -0.268 e. The molecule has 0 aliphatic carbocycles. The molecule has 1 heterocycles. The number of hydrogen-bond acceptors (Lipinski definition) is 2. The Balaban J connectivity index is 1.74. The molecule has 110 valence electrons. The fourth-order valence-corrected chi connectivity index (χ4v) is 2.28. The van der Waals surface area contributed by atoms with Gasteiger partial charge in [0.1, 0.15) is 6.33 Å². The van der Waals surface area contributed by atoms with Gasteiger partial charge >= 0.3 is 0 Å². The average Bonchev–Trinajstić information content (AvgIpc) is 2.92. The summed E-state index contributed by atoms with van der Waals surface area (Å²) in [6.07, 6.45) is 4.77. The van der Waals surface area contributed by atoms with E-state index in [-0.39, 0.29) is 5.91 Å². The Hall–Kier alpha value is -2.59. The first-order valence-corrected chi connectivity index (χ1v) is 7.18. The smallest absolute Gasteiger partial charge is 0.262 e. The van der Waals surface area contributed by atoms with Crippen molar-refractivity contribution < 1.29 is 4.79 Å². The number of nitrogens with zero attached hydrogens (tertiary/aromatic N) is 2. The predicted octanol–water partition coefficient (Wildman–Crippen LogP) is 3.78. The second kappa shape index (κ2) is 6.03. The van der Waals surface area contributed by atoms with Gasteiger partial charge in [0.05, 0.1) is 11.0 Å². The fraction of sp³-hybridized carbons (Fsp3) is 0.0588. The van der Waals surface area contributed by atoms with Gasteiger partial charge in [0.25, 0.3) is 5.91 Å². The molecule has 2 aromatic carbocycles. The van der Waals surface area contributed by atoms with E-state index in [2.05, 4.69) is 10.4 Å². The SMILES string of the molecule is Cc1ccc(/C=C/C(=O)Nn2cnc3ccccc32)cc1Cl. The maximum Gasteiger partial charge on any atom is 0.262 e. The average molecular weight is 312 g/mol. The summed E-state index contributed by atoms with van der Waals surface area (Å²) in [5, 5.41) is 0.683. The third-order valence-corrected chi connectivity index (χ3v) is 3.71. The Labute approximate surface area is 133 Å². The molecule has 3 rings (SSSR count). The van der Waals surface area contributed by atoms with Crippen molar-refractivity contribution in [2.24, 2.45) is 0 Å². The number of amides is 1. The van der Waals surface area contributed by atoms with E-state index in [4.69, 9.17) is 11.6 Å². The highest BCUT2D eigenvalue weighted by molar-refractivity contribution is 6.31. The van der Waals surface area contributed by atoms with Crippen LogP contribution in [-0.4, -0.2) is 15.6 Å². The lowest BCUT2D eigenvalue weighted by Crippen LogP contribution is -2.19. The third kappa shape index (κ3) is 3.02. The number of carbonyl (C=O) groups is 1. The van der Waals surface area contributed by atoms with Crippen LogP contribution < -0.4 is 5.43 Å². The summed E-state index contributed by atoms with van der Waals surface area (Å²) in [4.78, 5) is 16.2. The highest BCUT2D eigenvalue weighted by Crippen LogP contribution is 2.17. The Bertz CT molecular complexity index is 867. The van der Waals surface area contributed by atoms with Crippen LogP contribution in [0.3, 0.4) is 0 Å². The lowest BCUT2D eigenvalue weighted by molar-refractivity contribution is -0.112. The summed E-state index contributed by atoms with van der Waals surface area (Å²) in [5.74, 6) is -0.236. The zero-order chi connectivity index (χ0) is 15.5. The normalized spacial score (nSPS) is 11.2. The van der Waals surface area contributed by atoms with Crippen LogP contribution in [0.25, 0.3) is 17.1 Å². The van der Waals surface area contributed by atoms with Crippen molar-refractivity contribution in [2.45, 2.75) is 6.92 Å². The monoisotopic (exact) mass is 311 g/mol. The number of rotatable bonds is 3. The number of hydrogen-bond donors (Lipinski definition) is 1. The summed E-state index contributed by atoms with van der Waals surface area (Å²) in [5.41, 5.74) is 6.32. The van der Waals surface area contributed by atoms with Crippen LogP contribution in [0, 0.1) is 6.92 Å². The van der Waals surface area contributed by atoms with Crippen LogP contribution in [0.1, 0.15) is 11.1 Å². The van der Waals surface area contributed by atoms with E-state index in [0.29, 0.717) is 5.02 Å². The molecule has 5 heteroatoms. The van der Waals surface area contributed by atoms with Crippen LogP contribution in [0.4, 0.5) is 0 Å². The molecule has 0 saturated carbocycles. The summed E-state index contributed by atoms with van der Waals surface area (Å²) >= 11 is 6.06. The Morgan fingerprint density at radius 2 is 2.09 bits per heavy atom. The Kier molecular flexibility index (Phi) is 3.94. The molecule has 22 heavy (non-hydrogen) atoms. The van der Waals surface area contributed by atoms with Crippen molar-refractivity contribution in [1.82, 2.24) is 9.66 Å². The van der Waals surface area contributed by atoms with Crippen LogP contribution in [0.5, 0.6) is 0 Å². The van der Waals surface area contributed by atoms with Crippen LogP contribution >= 0.6 is 11.6 Å². The highest BCUT2D eigenvalue weighted by Gasteiger charge is 2.03. The molecule has 1 amide bonds. The van der Waals surface area contributed by atoms with Gasteiger partial charge in [0, 0.05) is 11.1 Å². The molecule has 0 fully saturated rings. The third-order valence-electron chi connectivity index (χ3n) is 3.31. The summed E-state index contributed by atoms with van der Waals surface area (Å²) in [7, 11) is 0. The quantitative estimate of drug-likeness (QED) is 0.748. The summed E-state index contributed by atoms with van der Waals surface area (Å²) in [6, 6.07) is 13.3. The molecule has 0 saturated heterocycles. The molecule has 3 aromatic rings. The largest absolute Gasteiger partial charge is 0.268 e. The van der Waals surface area contributed by atoms with Gasteiger partial charge < -0.3 is 0 Å². The molecule has 1 aromatic heterocycles. The number of aromatic nitrogens is 2. The molecule has 0 unspecified atom stereocenters. The van der Waals surface area contributed by atoms with Crippen LogP contribution in [0.2, 0.25) is 5.02 Å². The van der Waals surface area contributed by atoms with Crippen molar-refractivity contribution in [3.63, 3.8) is 0 Å². The van der Waals surface area contributed by atoms with Crippen molar-refractivity contribution in [1.29, 1.82) is 0 Å². The van der Waals surface area contributed by atoms with Gasteiger partial charge in [-0.3, -0.25) is 10.2 Å². The minimum absolute atomic E-state index is 0.236. The fourth-order valence-electron chi connectivity index (χ4n) is 2.09. The van der Waals surface area contributed by atoms with Gasteiger partial charge in [-0.2, -0.15) is 0 Å². The summed E-state index contributed by atoms with van der Waals surface area (Å²) < 4.78 is 1.60. The van der Waals surface area contributed by atoms with Gasteiger partial charge in [-0.1, -0.05) is 35.9 Å². The van der Waals surface area contributed by atoms with Crippen LogP contribution in [0.15, 0.2) is 54.9 Å². The Morgan fingerprint density at radius 3 is 2.91 bits per heavy atom. The minimum atomic E-state index is -0.236. The first-order chi connectivity index (χ1) is 10.6. The number of aryl methyl sites for hydroxylation is 1. The standard InChI is InChI=1S/C17H14ClN3O/c1-12-6-7-13(10-14(12)18)8-9-17(22)20-21-11-19-15-4-2-3-5-16(15)21/h2-11H,1H3,(H,20,22)/b9-8+. The van der Waals surface area contributed by atoms with Crippen molar-refractivity contribution in [2.75, 3.05) is 5.43 Å². The van der Waals surface area contributed by atoms with E-state index < -0.39 is 0 Å². The van der Waals surface area contributed by atoms with Gasteiger partial charge in [-0.15, -0.1) is 0 Å². The lowest BCUT2D eigenvalue weighted by atomic mass is 10.1. The lowest BCUT2D eigenvalue weighted by Gasteiger charge is -2.04. The van der Waals surface area contributed by atoms with Crippen LogP contribution in [-0.2, 0) is 4.79 Å². The zero-order valence-electron chi connectivity index (χ0n) is 12.0. The molecule has 1 N–H and O–H groups in total. The number of nitrogens with one attached hydrogen (secondary N) is 1. The summed E-state index contributed by atoms with van der Waals surface area (Å²) in [6.45, 7) is 1.94. The maximum absolute atomic E-state index is 12.0. The van der Waals surface area contributed by atoms with E-state index in [1.54, 1.807) is 17.1 Å². The molecule has 0 aliphatic heterocycles. The zero-order valence-corrected chi connectivity index (χ0v) is 12.7. The topological polar surface area (TPSA) is 46.9 Å². The number of fused-ring (bicyclic) bond motifs is 1. The Morgan fingerprint density at radius 1 is 1.27 bits per heavy atom. The number of benzene rings is 2. The number of para-hydroxylation sites is 2. The number of halogens is 1. The second-order valence-electron chi connectivity index (χ2n) is 4.92. The molecular formula is C17H14ClN3O. The molecule has 0 radical (unpaired) electrons. The molecule has 0 bridgehead atoms. The molecule has 4 nitrogen and oxygen atoms in total. The number of imidazole rings is 1. The van der Waals surface area contributed by atoms with E-state index in [9.17, 15) is 4.79 Å². The van der Waals surface area contributed by atoms with Gasteiger partial charge in [0.15, 0.2) is 0 Å². The van der Waals surface area contributed by atoms with E-state index >= 15 is 0 Å². The molecule has 0 atom stereocenters. The number of carbonyl (C=O) groups excluding carboxylic acids is 1. The first-order valence-electron chi connectivity index (χ1n) is 6.81. The van der Waals surface area contributed by atoms with Crippen molar-refractivity contribution in [3.8, 4) is 0 Å². The molecule has 0 aliphatic rings. The van der Waals surface area contributed by atoms with Gasteiger partial charge in [-0.25, -0.2) is 9.66 Å². The van der Waals surface area contributed by atoms with E-state index in [0.717, 1.165) is 22.2 Å². The first kappa shape index (κ1) is 14.4. The molecule has 0 spiro atoms. The predicted molar refractivity (Wildman–Crippen MR) is 89.3 cm³/mol. The van der Waals surface area contributed by atoms with E-state index in [1.165, 1.54) is 6.08 Å². The van der Waals surface area contributed by atoms with Crippen molar-refractivity contribution in [3.05, 3.63) is 71.0 Å². The highest BCUT2D eigenvalue weighted by atomic mass is 35.5. The van der Waals surface area contributed by atoms with Crippen molar-refractivity contribution >= 4 is 34.6 Å². The van der Waals surface area contributed by atoms with E-state index in [1.807, 2.05) is 49.4 Å². The maximum atomic E-state index is 12.0. The molecular weight excluding hydrogens is 298 g/mol.